The smallest absolute Gasteiger partial charge is 0.254 e. The van der Waals surface area contributed by atoms with Crippen LogP contribution in [-0.4, -0.2) is 43.0 Å². The van der Waals surface area contributed by atoms with Gasteiger partial charge in [-0.1, -0.05) is 6.07 Å². The number of aromatic nitrogens is 2. The first-order valence-corrected chi connectivity index (χ1v) is 9.23. The predicted octanol–water partition coefficient (Wildman–Crippen LogP) is 2.83. The van der Waals surface area contributed by atoms with Crippen LogP contribution in [0.25, 0.3) is 0 Å². The number of methoxy groups -OCH3 is 1. The van der Waals surface area contributed by atoms with E-state index in [2.05, 4.69) is 31.2 Å². The maximum absolute atomic E-state index is 13.1. The third-order valence-corrected chi connectivity index (χ3v) is 4.32. The highest BCUT2D eigenvalue weighted by Crippen LogP contribution is 2.33. The SMILES string of the molecule is CNC(=O)c1cnc(Nc2ccc(F)cn2)cc1Nc1cccc(C(=O)NC)c1OC. The van der Waals surface area contributed by atoms with E-state index in [-0.39, 0.29) is 17.4 Å². The van der Waals surface area contributed by atoms with Crippen molar-refractivity contribution < 1.29 is 18.7 Å². The van der Waals surface area contributed by atoms with Crippen LogP contribution in [0.4, 0.5) is 27.4 Å². The topological polar surface area (TPSA) is 117 Å². The maximum Gasteiger partial charge on any atom is 0.254 e. The van der Waals surface area contributed by atoms with Gasteiger partial charge in [0.25, 0.3) is 11.8 Å². The van der Waals surface area contributed by atoms with Gasteiger partial charge in [0.2, 0.25) is 0 Å². The van der Waals surface area contributed by atoms with Gasteiger partial charge in [-0.25, -0.2) is 14.4 Å². The summed E-state index contributed by atoms with van der Waals surface area (Å²) >= 11 is 0. The van der Waals surface area contributed by atoms with E-state index in [1.165, 1.54) is 39.5 Å². The van der Waals surface area contributed by atoms with Gasteiger partial charge in [-0.3, -0.25) is 9.59 Å². The van der Waals surface area contributed by atoms with Gasteiger partial charge in [0.15, 0.2) is 5.75 Å². The number of benzene rings is 1. The van der Waals surface area contributed by atoms with Gasteiger partial charge in [0.1, 0.15) is 17.5 Å². The number of nitrogens with one attached hydrogen (secondary N) is 4. The molecule has 0 spiro atoms. The highest BCUT2D eigenvalue weighted by atomic mass is 19.1. The maximum atomic E-state index is 13.1. The molecule has 10 heteroatoms. The van der Waals surface area contributed by atoms with Crippen LogP contribution in [0.2, 0.25) is 0 Å². The molecule has 0 unspecified atom stereocenters. The lowest BCUT2D eigenvalue weighted by molar-refractivity contribution is 0.0953. The Bertz CT molecular complexity index is 1100. The Morgan fingerprint density at radius 2 is 1.58 bits per heavy atom. The van der Waals surface area contributed by atoms with Crippen LogP contribution in [0.5, 0.6) is 5.75 Å². The van der Waals surface area contributed by atoms with Gasteiger partial charge in [-0.2, -0.15) is 0 Å². The second-order valence-electron chi connectivity index (χ2n) is 6.27. The van der Waals surface area contributed by atoms with E-state index in [1.54, 1.807) is 24.3 Å². The van der Waals surface area contributed by atoms with Crippen molar-refractivity contribution in [2.75, 3.05) is 31.8 Å². The van der Waals surface area contributed by atoms with Gasteiger partial charge < -0.3 is 26.0 Å². The summed E-state index contributed by atoms with van der Waals surface area (Å²) in [5, 5.41) is 11.2. The summed E-state index contributed by atoms with van der Waals surface area (Å²) in [4.78, 5) is 32.7. The quantitative estimate of drug-likeness (QED) is 0.461. The molecule has 2 amide bonds. The third-order valence-electron chi connectivity index (χ3n) is 4.32. The third kappa shape index (κ3) is 4.86. The Kier molecular flexibility index (Phi) is 6.61. The number of nitrogens with zero attached hydrogens (tertiary/aromatic N) is 2. The molecule has 0 fully saturated rings. The molecule has 9 nitrogen and oxygen atoms in total. The van der Waals surface area contributed by atoms with Crippen LogP contribution >= 0.6 is 0 Å². The number of carbonyl (C=O) groups is 2. The molecule has 0 atom stereocenters. The van der Waals surface area contributed by atoms with Crippen molar-refractivity contribution in [3.05, 3.63) is 65.7 Å². The van der Waals surface area contributed by atoms with Crippen molar-refractivity contribution in [1.82, 2.24) is 20.6 Å². The van der Waals surface area contributed by atoms with Crippen molar-refractivity contribution in [2.45, 2.75) is 0 Å². The molecule has 160 valence electrons. The fraction of sp³-hybridized carbons (Fsp3) is 0.143. The Morgan fingerprint density at radius 3 is 2.23 bits per heavy atom. The molecule has 2 heterocycles. The molecule has 2 aromatic heterocycles. The minimum absolute atomic E-state index is 0.271. The molecule has 3 rings (SSSR count). The second kappa shape index (κ2) is 9.53. The Hall–Kier alpha value is -4.21. The van der Waals surface area contributed by atoms with Crippen molar-refractivity contribution in [2.24, 2.45) is 0 Å². The first kappa shape index (κ1) is 21.5. The summed E-state index contributed by atoms with van der Waals surface area (Å²) in [5.41, 5.74) is 1.49. The second-order valence-corrected chi connectivity index (χ2v) is 6.27. The highest BCUT2D eigenvalue weighted by Gasteiger charge is 2.18. The zero-order chi connectivity index (χ0) is 22.4. The molecule has 0 saturated carbocycles. The average Bonchev–Trinajstić information content (AvgIpc) is 2.79. The number of hydrogen-bond donors (Lipinski definition) is 4. The molecule has 0 bridgehead atoms. The predicted molar refractivity (Wildman–Crippen MR) is 115 cm³/mol. The number of hydrogen-bond acceptors (Lipinski definition) is 7. The molecule has 0 aliphatic carbocycles. The first-order chi connectivity index (χ1) is 15.0. The Morgan fingerprint density at radius 1 is 0.871 bits per heavy atom. The Labute approximate surface area is 178 Å². The van der Waals surface area contributed by atoms with E-state index >= 15 is 0 Å². The fourth-order valence-electron chi connectivity index (χ4n) is 2.84. The van der Waals surface area contributed by atoms with Gasteiger partial charge >= 0.3 is 0 Å². The summed E-state index contributed by atoms with van der Waals surface area (Å²) in [6.45, 7) is 0. The van der Waals surface area contributed by atoms with Crippen LogP contribution < -0.4 is 26.0 Å². The van der Waals surface area contributed by atoms with E-state index in [0.29, 0.717) is 34.3 Å². The fourth-order valence-corrected chi connectivity index (χ4v) is 2.84. The molecule has 0 saturated heterocycles. The van der Waals surface area contributed by atoms with Crippen LogP contribution in [0.15, 0.2) is 48.8 Å². The standard InChI is InChI=1S/C21H21FN6O3/c1-23-20(29)13-5-4-6-15(19(13)31-3)27-16-9-18(26-11-14(16)21(30)24-2)28-17-8-7-12(22)10-25-17/h4-11H,1-3H3,(H,23,29)(H,24,30)(H2,25,26,27,28). The molecular formula is C21H21FN6O3. The van der Waals surface area contributed by atoms with Crippen LogP contribution in [0.1, 0.15) is 20.7 Å². The molecule has 0 radical (unpaired) electrons. The molecule has 3 aromatic rings. The van der Waals surface area contributed by atoms with Gasteiger partial charge in [-0.15, -0.1) is 0 Å². The number of amides is 2. The minimum atomic E-state index is -0.459. The lowest BCUT2D eigenvalue weighted by Crippen LogP contribution is -2.20. The summed E-state index contributed by atoms with van der Waals surface area (Å²) < 4.78 is 18.5. The summed E-state index contributed by atoms with van der Waals surface area (Å²) in [6.07, 6.45) is 2.47. The molecule has 31 heavy (non-hydrogen) atoms. The lowest BCUT2D eigenvalue weighted by atomic mass is 10.1. The van der Waals surface area contributed by atoms with E-state index in [0.717, 1.165) is 6.20 Å². The van der Waals surface area contributed by atoms with Gasteiger partial charge in [0, 0.05) is 26.4 Å². The number of anilines is 4. The van der Waals surface area contributed by atoms with Crippen molar-refractivity contribution >= 4 is 34.8 Å². The number of rotatable bonds is 7. The summed E-state index contributed by atoms with van der Waals surface area (Å²) in [5.74, 6) is -0.0630. The van der Waals surface area contributed by atoms with E-state index in [4.69, 9.17) is 4.74 Å². The number of carbonyl (C=O) groups excluding carboxylic acids is 2. The molecule has 4 N–H and O–H groups in total. The van der Waals surface area contributed by atoms with Crippen molar-refractivity contribution in [1.29, 1.82) is 0 Å². The largest absolute Gasteiger partial charge is 0.494 e. The van der Waals surface area contributed by atoms with Crippen LogP contribution in [0.3, 0.4) is 0 Å². The minimum Gasteiger partial charge on any atom is -0.494 e. The molecular weight excluding hydrogens is 403 g/mol. The van der Waals surface area contributed by atoms with Crippen molar-refractivity contribution in [3.8, 4) is 5.75 Å². The molecule has 1 aromatic carbocycles. The zero-order valence-electron chi connectivity index (χ0n) is 17.1. The summed E-state index contributed by atoms with van der Waals surface area (Å²) in [7, 11) is 4.48. The number of halogens is 1. The number of pyridine rings is 2. The first-order valence-electron chi connectivity index (χ1n) is 9.23. The molecule has 0 aliphatic heterocycles. The van der Waals surface area contributed by atoms with Crippen molar-refractivity contribution in [3.63, 3.8) is 0 Å². The Balaban J connectivity index is 2.01. The van der Waals surface area contributed by atoms with E-state index in [1.807, 2.05) is 0 Å². The summed E-state index contributed by atoms with van der Waals surface area (Å²) in [6, 6.07) is 9.37. The average molecular weight is 424 g/mol. The van der Waals surface area contributed by atoms with Gasteiger partial charge in [0.05, 0.1) is 35.8 Å². The monoisotopic (exact) mass is 424 g/mol. The highest BCUT2D eigenvalue weighted by molar-refractivity contribution is 6.02. The van der Waals surface area contributed by atoms with Crippen LogP contribution in [0, 0.1) is 5.82 Å². The van der Waals surface area contributed by atoms with Crippen LogP contribution in [-0.2, 0) is 0 Å². The number of para-hydroxylation sites is 1. The van der Waals surface area contributed by atoms with E-state index in [9.17, 15) is 14.0 Å². The van der Waals surface area contributed by atoms with Gasteiger partial charge in [-0.05, 0) is 24.3 Å². The normalized spacial score (nSPS) is 10.2. The van der Waals surface area contributed by atoms with E-state index < -0.39 is 5.82 Å². The molecule has 0 aliphatic rings. The zero-order valence-corrected chi connectivity index (χ0v) is 17.1. The lowest BCUT2D eigenvalue weighted by Gasteiger charge is -2.17. The number of ether oxygens (including phenoxy) is 1.